The Bertz CT molecular complexity index is 1230. The zero-order valence-electron chi connectivity index (χ0n) is 19.4. The molecule has 2 aromatic carbocycles. The summed E-state index contributed by atoms with van der Waals surface area (Å²) in [5.41, 5.74) is 2.39. The Labute approximate surface area is 193 Å². The Kier molecular flexibility index (Phi) is 7.12. The molecule has 33 heavy (non-hydrogen) atoms. The van der Waals surface area contributed by atoms with E-state index in [4.69, 9.17) is 4.74 Å². The summed E-state index contributed by atoms with van der Waals surface area (Å²) in [5, 5.41) is 6.89. The summed E-state index contributed by atoms with van der Waals surface area (Å²) in [6, 6.07) is 12.7. The first-order valence-corrected chi connectivity index (χ1v) is 14.0. The fourth-order valence-electron chi connectivity index (χ4n) is 3.54. The molecule has 3 aromatic rings. The lowest BCUT2D eigenvalue weighted by Crippen LogP contribution is -2.40. The van der Waals surface area contributed by atoms with Crippen molar-refractivity contribution in [1.29, 1.82) is 0 Å². The van der Waals surface area contributed by atoms with Crippen molar-refractivity contribution < 1.29 is 14.3 Å². The molecule has 8 nitrogen and oxygen atoms in total. The Balaban J connectivity index is 2.16. The molecule has 0 aliphatic carbocycles. The monoisotopic (exact) mass is 464 g/mol. The molecule has 2 amide bonds. The Hall–Kier alpha value is -3.72. The van der Waals surface area contributed by atoms with E-state index in [1.807, 2.05) is 36.4 Å². The summed E-state index contributed by atoms with van der Waals surface area (Å²) in [6.45, 7) is 7.86. The first-order valence-electron chi connectivity index (χ1n) is 10.5. The van der Waals surface area contributed by atoms with Crippen molar-refractivity contribution >= 4 is 36.4 Å². The zero-order valence-corrected chi connectivity index (χ0v) is 20.4. The number of hydrogen-bond donors (Lipinski definition) is 2. The molecule has 172 valence electrons. The molecule has 0 bridgehead atoms. The number of anilines is 2. The van der Waals surface area contributed by atoms with Crippen LogP contribution in [0.25, 0.3) is 11.1 Å². The van der Waals surface area contributed by atoms with Crippen molar-refractivity contribution in [1.82, 2.24) is 9.55 Å². The third-order valence-corrected chi connectivity index (χ3v) is 7.11. The lowest BCUT2D eigenvalue weighted by Gasteiger charge is -2.26. The molecule has 0 atom stereocenters. The number of benzene rings is 2. The van der Waals surface area contributed by atoms with Crippen LogP contribution in [0.5, 0.6) is 5.75 Å². The van der Waals surface area contributed by atoms with Gasteiger partial charge in [-0.3, -0.25) is 19.0 Å². The first kappa shape index (κ1) is 23.9. The van der Waals surface area contributed by atoms with Gasteiger partial charge in [-0.1, -0.05) is 43.0 Å². The molecular formula is C24H28N4O4Si. The van der Waals surface area contributed by atoms with Crippen molar-refractivity contribution in [3.05, 3.63) is 65.3 Å². The number of amides is 2. The quantitative estimate of drug-likeness (QED) is 0.523. The Morgan fingerprint density at radius 1 is 1.03 bits per heavy atom. The molecule has 1 aromatic heterocycles. The predicted octanol–water partition coefficient (Wildman–Crippen LogP) is 3.06. The molecule has 3 rings (SSSR count). The highest BCUT2D eigenvalue weighted by Gasteiger charge is 2.26. The summed E-state index contributed by atoms with van der Waals surface area (Å²) < 4.78 is 6.52. The molecule has 0 radical (unpaired) electrons. The number of nitrogens with one attached hydrogen (secondary N) is 2. The van der Waals surface area contributed by atoms with Crippen LogP contribution in [0.15, 0.2) is 59.8 Å². The van der Waals surface area contributed by atoms with E-state index in [-0.39, 0.29) is 18.0 Å². The second-order valence-corrected chi connectivity index (χ2v) is 13.7. The van der Waals surface area contributed by atoms with Crippen LogP contribution in [-0.4, -0.2) is 36.5 Å². The van der Waals surface area contributed by atoms with Gasteiger partial charge < -0.3 is 15.4 Å². The summed E-state index contributed by atoms with van der Waals surface area (Å²) >= 11 is 0. The van der Waals surface area contributed by atoms with Crippen LogP contribution in [0.3, 0.4) is 0 Å². The van der Waals surface area contributed by atoms with Crippen LogP contribution in [0.4, 0.5) is 11.4 Å². The van der Waals surface area contributed by atoms with Gasteiger partial charge in [0.05, 0.1) is 32.9 Å². The molecule has 2 N–H and O–H groups in total. The number of aromatic nitrogens is 2. The van der Waals surface area contributed by atoms with Crippen molar-refractivity contribution in [2.75, 3.05) is 17.7 Å². The van der Waals surface area contributed by atoms with E-state index in [0.717, 1.165) is 16.3 Å². The van der Waals surface area contributed by atoms with Gasteiger partial charge in [-0.05, 0) is 23.8 Å². The number of ether oxygens (including phenoxy) is 1. The van der Waals surface area contributed by atoms with Crippen LogP contribution >= 0.6 is 0 Å². The maximum absolute atomic E-state index is 13.0. The van der Waals surface area contributed by atoms with E-state index < -0.39 is 14.0 Å². The fraction of sp³-hybridized carbons (Fsp3) is 0.250. The Morgan fingerprint density at radius 2 is 1.73 bits per heavy atom. The zero-order chi connectivity index (χ0) is 24.2. The van der Waals surface area contributed by atoms with Crippen LogP contribution < -0.4 is 26.1 Å². The lowest BCUT2D eigenvalue weighted by molar-refractivity contribution is -0.117. The minimum atomic E-state index is -1.87. The van der Waals surface area contributed by atoms with Gasteiger partial charge in [-0.2, -0.15) is 0 Å². The van der Waals surface area contributed by atoms with Crippen molar-refractivity contribution in [3.63, 3.8) is 0 Å². The van der Waals surface area contributed by atoms with Crippen LogP contribution in [0.2, 0.25) is 19.6 Å². The topological polar surface area (TPSA) is 102 Å². The van der Waals surface area contributed by atoms with Gasteiger partial charge in [0.25, 0.3) is 5.56 Å². The third-order valence-electron chi connectivity index (χ3n) is 5.07. The highest BCUT2D eigenvalue weighted by molar-refractivity contribution is 6.89. The summed E-state index contributed by atoms with van der Waals surface area (Å²) in [6.07, 6.45) is 2.70. The van der Waals surface area contributed by atoms with Gasteiger partial charge in [0.2, 0.25) is 11.8 Å². The minimum Gasteiger partial charge on any atom is -0.497 e. The van der Waals surface area contributed by atoms with E-state index in [2.05, 4.69) is 35.3 Å². The maximum atomic E-state index is 13.0. The summed E-state index contributed by atoms with van der Waals surface area (Å²) in [4.78, 5) is 40.9. The maximum Gasteiger partial charge on any atom is 0.253 e. The van der Waals surface area contributed by atoms with E-state index in [1.54, 1.807) is 7.11 Å². The van der Waals surface area contributed by atoms with Gasteiger partial charge in [0.1, 0.15) is 12.3 Å². The van der Waals surface area contributed by atoms with Crippen LogP contribution in [-0.2, 0) is 16.1 Å². The summed E-state index contributed by atoms with van der Waals surface area (Å²) in [7, 11) is -0.268. The fourth-order valence-corrected chi connectivity index (χ4v) is 5.14. The minimum absolute atomic E-state index is 0.203. The predicted molar refractivity (Wildman–Crippen MR) is 133 cm³/mol. The standard InChI is InChI=1S/C24H28N4O4Si/c1-16(29)26-19-10-11-20(33(3,4)5)23(17-6-8-18(32-2)9-7-17)24(19)27-21(30)14-28-15-25-13-12-22(28)31/h6-13,15H,14H2,1-5H3,(H,26,29)(H,27,30). The van der Waals surface area contributed by atoms with Crippen molar-refractivity contribution in [3.8, 4) is 16.9 Å². The second kappa shape index (κ2) is 9.82. The van der Waals surface area contributed by atoms with E-state index in [1.165, 1.54) is 30.1 Å². The number of methoxy groups -OCH3 is 1. The van der Waals surface area contributed by atoms with Gasteiger partial charge in [0.15, 0.2) is 0 Å². The molecule has 0 saturated carbocycles. The number of carbonyl (C=O) groups excluding carboxylic acids is 2. The van der Waals surface area contributed by atoms with E-state index in [9.17, 15) is 14.4 Å². The highest BCUT2D eigenvalue weighted by atomic mass is 28.3. The molecule has 0 aliphatic heterocycles. The Morgan fingerprint density at radius 3 is 2.30 bits per heavy atom. The smallest absolute Gasteiger partial charge is 0.253 e. The second-order valence-electron chi connectivity index (χ2n) is 8.66. The SMILES string of the molecule is COc1ccc(-c2c([Si](C)(C)C)ccc(NC(C)=O)c2NC(=O)Cn2cnccc2=O)cc1. The molecule has 0 spiro atoms. The van der Waals surface area contributed by atoms with Crippen molar-refractivity contribution in [2.24, 2.45) is 0 Å². The van der Waals surface area contributed by atoms with Crippen LogP contribution in [0, 0.1) is 0 Å². The van der Waals surface area contributed by atoms with Gasteiger partial charge >= 0.3 is 0 Å². The van der Waals surface area contributed by atoms with Crippen molar-refractivity contribution in [2.45, 2.75) is 33.1 Å². The third kappa shape index (κ3) is 5.75. The number of rotatable bonds is 7. The highest BCUT2D eigenvalue weighted by Crippen LogP contribution is 2.35. The molecule has 0 aliphatic rings. The molecule has 0 unspecified atom stereocenters. The summed E-state index contributed by atoms with van der Waals surface area (Å²) in [5.74, 6) is 0.0578. The molecule has 1 heterocycles. The molecular weight excluding hydrogens is 436 g/mol. The number of hydrogen-bond acceptors (Lipinski definition) is 5. The molecule has 0 fully saturated rings. The number of nitrogens with zero attached hydrogens (tertiary/aromatic N) is 2. The first-order chi connectivity index (χ1) is 15.6. The van der Waals surface area contributed by atoms with E-state index >= 15 is 0 Å². The van der Waals surface area contributed by atoms with Crippen LogP contribution in [0.1, 0.15) is 6.92 Å². The van der Waals surface area contributed by atoms with Gasteiger partial charge in [0, 0.05) is 24.8 Å². The molecule has 0 saturated heterocycles. The lowest BCUT2D eigenvalue weighted by atomic mass is 10.0. The average molecular weight is 465 g/mol. The normalized spacial score (nSPS) is 11.1. The van der Waals surface area contributed by atoms with Gasteiger partial charge in [-0.25, -0.2) is 4.98 Å². The number of carbonyl (C=O) groups is 2. The average Bonchev–Trinajstić information content (AvgIpc) is 2.75. The molecule has 9 heteroatoms. The van der Waals surface area contributed by atoms with Gasteiger partial charge in [-0.15, -0.1) is 0 Å². The largest absolute Gasteiger partial charge is 0.497 e. The van der Waals surface area contributed by atoms with E-state index in [0.29, 0.717) is 17.1 Å².